The Balaban J connectivity index is 1.67. The fraction of sp³-hybridized carbons (Fsp3) is 0.296. The molecule has 35 heavy (non-hydrogen) atoms. The summed E-state index contributed by atoms with van der Waals surface area (Å²) >= 11 is 0. The number of nitrogens with one attached hydrogen (secondary N) is 1. The van der Waals surface area contributed by atoms with Crippen molar-refractivity contribution in [3.8, 4) is 17.0 Å². The molecule has 1 fully saturated rings. The number of aliphatic hydroxyl groups excluding tert-OH is 1. The van der Waals surface area contributed by atoms with Crippen LogP contribution < -0.4 is 10.1 Å². The molecule has 0 atom stereocenters. The summed E-state index contributed by atoms with van der Waals surface area (Å²) in [5, 5.41) is 12.7. The molecule has 0 aliphatic heterocycles. The minimum Gasteiger partial charge on any atom is -0.463 e. The lowest BCUT2D eigenvalue weighted by Gasteiger charge is -2.27. The van der Waals surface area contributed by atoms with E-state index in [-0.39, 0.29) is 34.7 Å². The van der Waals surface area contributed by atoms with Crippen LogP contribution in [0.15, 0.2) is 55.6 Å². The Bertz CT molecular complexity index is 1240. The number of hydrogen-bond acceptors (Lipinski definition) is 5. The summed E-state index contributed by atoms with van der Waals surface area (Å²) in [7, 11) is 0. The summed E-state index contributed by atoms with van der Waals surface area (Å²) in [6.45, 7) is 5.25. The number of aromatic nitrogens is 2. The van der Waals surface area contributed by atoms with Gasteiger partial charge in [0.25, 0.3) is 5.91 Å². The SMILES string of the molecule is C=COc1ccc(CC)c(-c2nc(C(=O)Nc3cnccc3C3CCC(O)CC3)ccc2F)c1F. The van der Waals surface area contributed by atoms with E-state index in [1.54, 1.807) is 18.5 Å². The highest BCUT2D eigenvalue weighted by Crippen LogP contribution is 2.37. The monoisotopic (exact) mass is 479 g/mol. The Morgan fingerprint density at radius 1 is 1.20 bits per heavy atom. The zero-order chi connectivity index (χ0) is 24.9. The number of rotatable bonds is 7. The molecule has 6 nitrogen and oxygen atoms in total. The standard InChI is InChI=1S/C27H27F2N3O3/c1-3-16-7-12-23(35-4-2)25(29)24(16)26-20(28)10-11-21(31-26)27(34)32-22-15-30-14-13-19(22)17-5-8-18(33)9-6-17/h4,7,10-15,17-18,33H,2-3,5-6,8-9H2,1H3,(H,32,34). The Kier molecular flexibility index (Phi) is 7.51. The first-order valence-corrected chi connectivity index (χ1v) is 11.6. The lowest BCUT2D eigenvalue weighted by atomic mass is 9.82. The molecule has 0 saturated heterocycles. The Morgan fingerprint density at radius 2 is 1.97 bits per heavy atom. The van der Waals surface area contributed by atoms with Gasteiger partial charge >= 0.3 is 0 Å². The van der Waals surface area contributed by atoms with E-state index in [0.29, 0.717) is 30.5 Å². The first-order valence-electron chi connectivity index (χ1n) is 11.6. The normalized spacial score (nSPS) is 17.6. The average Bonchev–Trinajstić information content (AvgIpc) is 2.86. The number of aryl methyl sites for hydroxylation is 1. The van der Waals surface area contributed by atoms with Crippen LogP contribution in [-0.4, -0.2) is 27.1 Å². The zero-order valence-electron chi connectivity index (χ0n) is 19.4. The third kappa shape index (κ3) is 5.22. The van der Waals surface area contributed by atoms with Crippen LogP contribution in [0.2, 0.25) is 0 Å². The van der Waals surface area contributed by atoms with Crippen molar-refractivity contribution in [1.29, 1.82) is 0 Å². The molecule has 0 spiro atoms. The summed E-state index contributed by atoms with van der Waals surface area (Å²) in [5.74, 6) is -2.02. The number of ether oxygens (including phenoxy) is 1. The smallest absolute Gasteiger partial charge is 0.274 e. The highest BCUT2D eigenvalue weighted by Gasteiger charge is 2.25. The van der Waals surface area contributed by atoms with Crippen molar-refractivity contribution >= 4 is 11.6 Å². The van der Waals surface area contributed by atoms with Crippen LogP contribution in [0.4, 0.5) is 14.5 Å². The van der Waals surface area contributed by atoms with Crippen LogP contribution in [0.1, 0.15) is 60.1 Å². The van der Waals surface area contributed by atoms with Crippen molar-refractivity contribution in [2.75, 3.05) is 5.32 Å². The fourth-order valence-electron chi connectivity index (χ4n) is 4.51. The first-order chi connectivity index (χ1) is 16.9. The second-order valence-electron chi connectivity index (χ2n) is 8.50. The predicted octanol–water partition coefficient (Wildman–Crippen LogP) is 5.78. The van der Waals surface area contributed by atoms with E-state index in [9.17, 15) is 14.3 Å². The van der Waals surface area contributed by atoms with E-state index in [0.717, 1.165) is 30.7 Å². The van der Waals surface area contributed by atoms with Crippen molar-refractivity contribution in [2.24, 2.45) is 0 Å². The van der Waals surface area contributed by atoms with E-state index >= 15 is 4.39 Å². The number of hydrogen-bond donors (Lipinski definition) is 2. The number of carbonyl (C=O) groups is 1. The second kappa shape index (κ2) is 10.7. The highest BCUT2D eigenvalue weighted by molar-refractivity contribution is 6.03. The molecule has 1 aliphatic carbocycles. The van der Waals surface area contributed by atoms with Gasteiger partial charge in [-0.05, 0) is 73.4 Å². The number of aliphatic hydroxyl groups is 1. The molecule has 1 aromatic carbocycles. The molecule has 182 valence electrons. The van der Waals surface area contributed by atoms with Gasteiger partial charge in [-0.2, -0.15) is 0 Å². The van der Waals surface area contributed by atoms with E-state index < -0.39 is 17.5 Å². The van der Waals surface area contributed by atoms with E-state index in [4.69, 9.17) is 4.74 Å². The van der Waals surface area contributed by atoms with Crippen LogP contribution in [-0.2, 0) is 6.42 Å². The molecular formula is C27H27F2N3O3. The van der Waals surface area contributed by atoms with Gasteiger partial charge in [0.2, 0.25) is 0 Å². The topological polar surface area (TPSA) is 84.3 Å². The molecule has 2 aromatic heterocycles. The lowest BCUT2D eigenvalue weighted by Crippen LogP contribution is -2.20. The molecule has 3 aromatic rings. The minimum absolute atomic E-state index is 0.0539. The van der Waals surface area contributed by atoms with Gasteiger partial charge in [-0.3, -0.25) is 9.78 Å². The third-order valence-corrected chi connectivity index (χ3v) is 6.34. The fourth-order valence-corrected chi connectivity index (χ4v) is 4.51. The van der Waals surface area contributed by atoms with Crippen molar-refractivity contribution in [2.45, 2.75) is 51.0 Å². The molecule has 0 unspecified atom stereocenters. The van der Waals surface area contributed by atoms with Crippen LogP contribution in [0.5, 0.6) is 5.75 Å². The molecule has 8 heteroatoms. The van der Waals surface area contributed by atoms with Gasteiger partial charge in [0.1, 0.15) is 17.2 Å². The van der Waals surface area contributed by atoms with Gasteiger partial charge in [-0.25, -0.2) is 13.8 Å². The maximum atomic E-state index is 15.2. The number of benzene rings is 1. The number of carbonyl (C=O) groups excluding carboxylic acids is 1. The molecule has 0 radical (unpaired) electrons. The summed E-state index contributed by atoms with van der Waals surface area (Å²) in [5.41, 5.74) is 1.60. The zero-order valence-corrected chi connectivity index (χ0v) is 19.4. The van der Waals surface area contributed by atoms with E-state index in [1.807, 2.05) is 13.0 Å². The molecule has 4 rings (SSSR count). The number of nitrogens with zero attached hydrogens (tertiary/aromatic N) is 2. The molecule has 1 aliphatic rings. The molecule has 1 saturated carbocycles. The van der Waals surface area contributed by atoms with Crippen LogP contribution >= 0.6 is 0 Å². The summed E-state index contributed by atoms with van der Waals surface area (Å²) in [4.78, 5) is 21.4. The number of amides is 1. The van der Waals surface area contributed by atoms with Crippen molar-refractivity contribution in [1.82, 2.24) is 9.97 Å². The first kappa shape index (κ1) is 24.5. The number of halogens is 2. The van der Waals surface area contributed by atoms with Crippen molar-refractivity contribution < 1.29 is 23.4 Å². The molecule has 2 N–H and O–H groups in total. The Morgan fingerprint density at radius 3 is 2.69 bits per heavy atom. The van der Waals surface area contributed by atoms with Gasteiger partial charge in [0.05, 0.1) is 24.3 Å². The predicted molar refractivity (Wildman–Crippen MR) is 129 cm³/mol. The van der Waals surface area contributed by atoms with Gasteiger partial charge in [0.15, 0.2) is 11.6 Å². The van der Waals surface area contributed by atoms with E-state index in [2.05, 4.69) is 21.9 Å². The summed E-state index contributed by atoms with van der Waals surface area (Å²) in [6.07, 6.45) is 7.44. The molecule has 0 bridgehead atoms. The van der Waals surface area contributed by atoms with Gasteiger partial charge < -0.3 is 15.2 Å². The number of pyridine rings is 2. The van der Waals surface area contributed by atoms with Crippen molar-refractivity contribution in [3.05, 3.63) is 84.0 Å². The third-order valence-electron chi connectivity index (χ3n) is 6.34. The van der Waals surface area contributed by atoms with E-state index in [1.165, 1.54) is 12.1 Å². The average molecular weight is 480 g/mol. The van der Waals surface area contributed by atoms with Crippen LogP contribution in [0.3, 0.4) is 0 Å². The minimum atomic E-state index is -0.776. The highest BCUT2D eigenvalue weighted by atomic mass is 19.1. The van der Waals surface area contributed by atoms with Gasteiger partial charge in [-0.15, -0.1) is 0 Å². The van der Waals surface area contributed by atoms with Crippen LogP contribution in [0.25, 0.3) is 11.3 Å². The maximum absolute atomic E-state index is 15.2. The molecule has 2 heterocycles. The second-order valence-corrected chi connectivity index (χ2v) is 8.50. The quantitative estimate of drug-likeness (QED) is 0.420. The Labute approximate surface area is 202 Å². The lowest BCUT2D eigenvalue weighted by molar-refractivity contribution is 0.102. The van der Waals surface area contributed by atoms with Gasteiger partial charge in [0, 0.05) is 11.8 Å². The summed E-state index contributed by atoms with van der Waals surface area (Å²) in [6, 6.07) is 7.30. The molecular weight excluding hydrogens is 452 g/mol. The molecule has 1 amide bonds. The maximum Gasteiger partial charge on any atom is 0.274 e. The largest absolute Gasteiger partial charge is 0.463 e. The summed E-state index contributed by atoms with van der Waals surface area (Å²) < 4.78 is 35.2. The number of anilines is 1. The van der Waals surface area contributed by atoms with Gasteiger partial charge in [-0.1, -0.05) is 19.6 Å². The Hall–Kier alpha value is -3.65. The van der Waals surface area contributed by atoms with Crippen LogP contribution in [0, 0.1) is 11.6 Å². The van der Waals surface area contributed by atoms with Crippen molar-refractivity contribution in [3.63, 3.8) is 0 Å².